The second kappa shape index (κ2) is 5.92. The highest BCUT2D eigenvalue weighted by molar-refractivity contribution is 5.50. The van der Waals surface area contributed by atoms with Gasteiger partial charge in [0.15, 0.2) is 0 Å². The zero-order valence-corrected chi connectivity index (χ0v) is 15.1. The number of phenolic OH excluding ortho intramolecular Hbond substituents is 2. The Morgan fingerprint density at radius 1 is 0.739 bits per heavy atom. The molecule has 0 bridgehead atoms. The monoisotopic (exact) mass is 312 g/mol. The Labute approximate surface area is 139 Å². The number of hydrogen-bond acceptors (Lipinski definition) is 2. The summed E-state index contributed by atoms with van der Waals surface area (Å²) in [6.07, 6.45) is 0.737. The molecule has 0 aliphatic carbocycles. The van der Waals surface area contributed by atoms with E-state index in [0.717, 1.165) is 28.7 Å². The lowest BCUT2D eigenvalue weighted by Gasteiger charge is -2.28. The summed E-state index contributed by atoms with van der Waals surface area (Å²) < 4.78 is 0. The van der Waals surface area contributed by atoms with Crippen molar-refractivity contribution in [1.82, 2.24) is 0 Å². The number of hydrogen-bond donors (Lipinski definition) is 2. The molecule has 0 radical (unpaired) electrons. The van der Waals surface area contributed by atoms with Gasteiger partial charge in [-0.1, -0.05) is 65.8 Å². The molecule has 2 rings (SSSR count). The first-order valence-corrected chi connectivity index (χ1v) is 8.13. The van der Waals surface area contributed by atoms with Crippen LogP contribution >= 0.6 is 0 Å². The summed E-state index contributed by atoms with van der Waals surface area (Å²) in [7, 11) is 0. The standard InChI is InChI=1S/C21H28O2/c1-20(2,3)17-12-15(10-14-8-7-9-16(22)11-14)13-18(19(17)23)21(4,5)6/h7-9,11-13,22-23H,10H2,1-6H3. The summed E-state index contributed by atoms with van der Waals surface area (Å²) in [6.45, 7) is 12.7. The highest BCUT2D eigenvalue weighted by Crippen LogP contribution is 2.40. The third kappa shape index (κ3) is 4.07. The van der Waals surface area contributed by atoms with Gasteiger partial charge in [0.2, 0.25) is 0 Å². The fraction of sp³-hybridized carbons (Fsp3) is 0.429. The molecule has 2 heteroatoms. The maximum absolute atomic E-state index is 10.8. The van der Waals surface area contributed by atoms with Gasteiger partial charge in [-0.2, -0.15) is 0 Å². The molecule has 0 aliphatic heterocycles. The molecule has 0 heterocycles. The minimum absolute atomic E-state index is 0.126. The predicted molar refractivity (Wildman–Crippen MR) is 96.4 cm³/mol. The Morgan fingerprint density at radius 3 is 1.70 bits per heavy atom. The summed E-state index contributed by atoms with van der Waals surface area (Å²) in [5.74, 6) is 0.693. The Bertz CT molecular complexity index is 666. The predicted octanol–water partition coefficient (Wildman–Crippen LogP) is 5.28. The summed E-state index contributed by atoms with van der Waals surface area (Å²) in [4.78, 5) is 0. The summed E-state index contributed by atoms with van der Waals surface area (Å²) >= 11 is 0. The van der Waals surface area contributed by atoms with Gasteiger partial charge in [-0.25, -0.2) is 0 Å². The van der Waals surface area contributed by atoms with Crippen LogP contribution in [0.4, 0.5) is 0 Å². The molecule has 0 amide bonds. The normalized spacial score (nSPS) is 12.4. The lowest BCUT2D eigenvalue weighted by Crippen LogP contribution is -2.18. The van der Waals surface area contributed by atoms with Crippen molar-refractivity contribution >= 4 is 0 Å². The Balaban J connectivity index is 2.56. The molecule has 0 aliphatic rings. The molecular formula is C21H28O2. The van der Waals surface area contributed by atoms with Crippen LogP contribution in [0.3, 0.4) is 0 Å². The minimum Gasteiger partial charge on any atom is -0.508 e. The number of benzene rings is 2. The second-order valence-electron chi connectivity index (χ2n) is 8.39. The molecule has 23 heavy (non-hydrogen) atoms. The van der Waals surface area contributed by atoms with Gasteiger partial charge in [0, 0.05) is 0 Å². The third-order valence-electron chi connectivity index (χ3n) is 4.10. The van der Waals surface area contributed by atoms with Gasteiger partial charge < -0.3 is 10.2 Å². The number of rotatable bonds is 2. The van der Waals surface area contributed by atoms with E-state index in [4.69, 9.17) is 0 Å². The molecule has 0 aromatic heterocycles. The SMILES string of the molecule is CC(C)(C)c1cc(Cc2cccc(O)c2)cc(C(C)(C)C)c1O. The first-order chi connectivity index (χ1) is 10.5. The average molecular weight is 312 g/mol. The van der Waals surface area contributed by atoms with Crippen LogP contribution in [0.25, 0.3) is 0 Å². The largest absolute Gasteiger partial charge is 0.508 e. The van der Waals surface area contributed by atoms with Gasteiger partial charge in [0.05, 0.1) is 0 Å². The van der Waals surface area contributed by atoms with Crippen molar-refractivity contribution in [2.24, 2.45) is 0 Å². The summed E-state index contributed by atoms with van der Waals surface area (Å²) in [5.41, 5.74) is 3.91. The third-order valence-corrected chi connectivity index (χ3v) is 4.10. The molecule has 0 fully saturated rings. The molecule has 124 valence electrons. The second-order valence-corrected chi connectivity index (χ2v) is 8.39. The molecule has 0 unspecified atom stereocenters. The van der Waals surface area contributed by atoms with Crippen molar-refractivity contribution in [3.63, 3.8) is 0 Å². The van der Waals surface area contributed by atoms with E-state index in [1.807, 2.05) is 12.1 Å². The highest BCUT2D eigenvalue weighted by atomic mass is 16.3. The van der Waals surface area contributed by atoms with Gasteiger partial charge in [-0.3, -0.25) is 0 Å². The van der Waals surface area contributed by atoms with Crippen LogP contribution in [0.5, 0.6) is 11.5 Å². The van der Waals surface area contributed by atoms with Crippen LogP contribution in [0.1, 0.15) is 63.8 Å². The van der Waals surface area contributed by atoms with Crippen LogP contribution in [0.15, 0.2) is 36.4 Å². The zero-order valence-electron chi connectivity index (χ0n) is 15.1. The first kappa shape index (κ1) is 17.4. The summed E-state index contributed by atoms with van der Waals surface area (Å²) in [5, 5.41) is 20.4. The van der Waals surface area contributed by atoms with Crippen molar-refractivity contribution < 1.29 is 10.2 Å². The Kier molecular flexibility index (Phi) is 4.48. The van der Waals surface area contributed by atoms with E-state index in [2.05, 4.69) is 53.7 Å². The van der Waals surface area contributed by atoms with Crippen LogP contribution in [0, 0.1) is 0 Å². The van der Waals surface area contributed by atoms with Gasteiger partial charge in [0.1, 0.15) is 11.5 Å². The minimum atomic E-state index is -0.126. The summed E-state index contributed by atoms with van der Waals surface area (Å²) in [6, 6.07) is 11.5. The Morgan fingerprint density at radius 2 is 1.26 bits per heavy atom. The quantitative estimate of drug-likeness (QED) is 0.791. The average Bonchev–Trinajstić information content (AvgIpc) is 2.38. The molecule has 2 aromatic carbocycles. The highest BCUT2D eigenvalue weighted by Gasteiger charge is 2.26. The first-order valence-electron chi connectivity index (χ1n) is 8.13. The van der Waals surface area contributed by atoms with Crippen molar-refractivity contribution in [3.05, 3.63) is 58.7 Å². The smallest absolute Gasteiger partial charge is 0.123 e. The van der Waals surface area contributed by atoms with E-state index in [1.165, 1.54) is 0 Å². The molecule has 2 N–H and O–H groups in total. The van der Waals surface area contributed by atoms with Crippen molar-refractivity contribution in [1.29, 1.82) is 0 Å². The molecule has 0 atom stereocenters. The lowest BCUT2D eigenvalue weighted by molar-refractivity contribution is 0.422. The van der Waals surface area contributed by atoms with E-state index in [9.17, 15) is 10.2 Å². The van der Waals surface area contributed by atoms with E-state index in [0.29, 0.717) is 5.75 Å². The Hall–Kier alpha value is -1.96. The fourth-order valence-corrected chi connectivity index (χ4v) is 2.84. The van der Waals surface area contributed by atoms with Crippen LogP contribution in [-0.2, 0) is 17.3 Å². The van der Waals surface area contributed by atoms with Gasteiger partial charge >= 0.3 is 0 Å². The van der Waals surface area contributed by atoms with E-state index >= 15 is 0 Å². The molecule has 2 nitrogen and oxygen atoms in total. The van der Waals surface area contributed by atoms with Crippen molar-refractivity contribution in [2.45, 2.75) is 58.8 Å². The number of aromatic hydroxyl groups is 2. The molecule has 0 saturated heterocycles. The van der Waals surface area contributed by atoms with Gasteiger partial charge in [-0.05, 0) is 51.6 Å². The zero-order chi connectivity index (χ0) is 17.4. The number of phenols is 2. The molecule has 0 spiro atoms. The van der Waals surface area contributed by atoms with Crippen molar-refractivity contribution in [3.8, 4) is 11.5 Å². The van der Waals surface area contributed by atoms with Crippen LogP contribution in [-0.4, -0.2) is 10.2 Å². The molecular weight excluding hydrogens is 284 g/mol. The maximum Gasteiger partial charge on any atom is 0.123 e. The maximum atomic E-state index is 10.8. The van der Waals surface area contributed by atoms with Gasteiger partial charge in [0.25, 0.3) is 0 Å². The van der Waals surface area contributed by atoms with E-state index < -0.39 is 0 Å². The van der Waals surface area contributed by atoms with E-state index in [-0.39, 0.29) is 16.6 Å². The van der Waals surface area contributed by atoms with E-state index in [1.54, 1.807) is 12.1 Å². The van der Waals surface area contributed by atoms with Crippen molar-refractivity contribution in [2.75, 3.05) is 0 Å². The lowest BCUT2D eigenvalue weighted by atomic mass is 9.78. The molecule has 0 saturated carbocycles. The van der Waals surface area contributed by atoms with Crippen LogP contribution < -0.4 is 0 Å². The van der Waals surface area contributed by atoms with Crippen LogP contribution in [0.2, 0.25) is 0 Å². The molecule has 2 aromatic rings. The van der Waals surface area contributed by atoms with Gasteiger partial charge in [-0.15, -0.1) is 0 Å². The topological polar surface area (TPSA) is 40.5 Å². The fourth-order valence-electron chi connectivity index (χ4n) is 2.84.